The van der Waals surface area contributed by atoms with E-state index in [-0.39, 0.29) is 11.9 Å². The number of methoxy groups -OCH3 is 1. The van der Waals surface area contributed by atoms with Gasteiger partial charge in [-0.05, 0) is 24.1 Å². The summed E-state index contributed by atoms with van der Waals surface area (Å²) < 4.78 is 23.5. The predicted molar refractivity (Wildman–Crippen MR) is 78.6 cm³/mol. The van der Waals surface area contributed by atoms with E-state index in [4.69, 9.17) is 9.47 Å². The fraction of sp³-hybridized carbons (Fsp3) is 0.625. The van der Waals surface area contributed by atoms with Crippen molar-refractivity contribution in [3.63, 3.8) is 0 Å². The van der Waals surface area contributed by atoms with Gasteiger partial charge in [-0.1, -0.05) is 12.1 Å². The summed E-state index contributed by atoms with van der Waals surface area (Å²) in [6, 6.07) is 6.50. The SMILES string of the molecule is COCCC(NCC1(O)CCOCC1)c1ccc(F)cc1. The minimum absolute atomic E-state index is 0.0393. The van der Waals surface area contributed by atoms with Gasteiger partial charge in [0.25, 0.3) is 0 Å². The molecule has 4 nitrogen and oxygen atoms in total. The van der Waals surface area contributed by atoms with Crippen LogP contribution in [-0.2, 0) is 9.47 Å². The van der Waals surface area contributed by atoms with Crippen molar-refractivity contribution in [2.75, 3.05) is 33.5 Å². The molecule has 1 aromatic carbocycles. The van der Waals surface area contributed by atoms with E-state index in [9.17, 15) is 9.50 Å². The maximum atomic E-state index is 13.0. The first-order valence-corrected chi connectivity index (χ1v) is 7.41. The highest BCUT2D eigenvalue weighted by atomic mass is 19.1. The number of nitrogens with one attached hydrogen (secondary N) is 1. The summed E-state index contributed by atoms with van der Waals surface area (Å²) >= 11 is 0. The second kappa shape index (κ2) is 7.84. The molecule has 0 bridgehead atoms. The number of halogens is 1. The molecular formula is C16H24FNO3. The Bertz CT molecular complexity index is 418. The highest BCUT2D eigenvalue weighted by Gasteiger charge is 2.30. The van der Waals surface area contributed by atoms with Crippen LogP contribution in [0.1, 0.15) is 30.9 Å². The summed E-state index contributed by atoms with van der Waals surface area (Å²) in [4.78, 5) is 0. The van der Waals surface area contributed by atoms with Gasteiger partial charge in [-0.25, -0.2) is 4.39 Å². The van der Waals surface area contributed by atoms with E-state index >= 15 is 0 Å². The molecule has 5 heteroatoms. The Balaban J connectivity index is 1.97. The predicted octanol–water partition coefficient (Wildman–Crippen LogP) is 2.03. The molecule has 1 unspecified atom stereocenters. The lowest BCUT2D eigenvalue weighted by molar-refractivity contribution is -0.0631. The first-order valence-electron chi connectivity index (χ1n) is 7.41. The van der Waals surface area contributed by atoms with Crippen LogP contribution in [0.25, 0.3) is 0 Å². The maximum absolute atomic E-state index is 13.0. The molecule has 0 amide bonds. The molecule has 0 radical (unpaired) electrons. The van der Waals surface area contributed by atoms with Gasteiger partial charge >= 0.3 is 0 Å². The largest absolute Gasteiger partial charge is 0.388 e. The summed E-state index contributed by atoms with van der Waals surface area (Å²) in [5.41, 5.74) is 0.285. The number of rotatable bonds is 7. The molecule has 21 heavy (non-hydrogen) atoms. The molecule has 2 N–H and O–H groups in total. The van der Waals surface area contributed by atoms with E-state index in [1.807, 2.05) is 0 Å². The van der Waals surface area contributed by atoms with Crippen molar-refractivity contribution in [1.29, 1.82) is 0 Å². The summed E-state index contributed by atoms with van der Waals surface area (Å²) in [6.07, 6.45) is 2.05. The van der Waals surface area contributed by atoms with Crippen LogP contribution >= 0.6 is 0 Å². The highest BCUT2D eigenvalue weighted by Crippen LogP contribution is 2.23. The van der Waals surface area contributed by atoms with Crippen LogP contribution in [0.5, 0.6) is 0 Å². The Morgan fingerprint density at radius 1 is 1.33 bits per heavy atom. The third-order valence-corrected chi connectivity index (χ3v) is 3.98. The van der Waals surface area contributed by atoms with Gasteiger partial charge in [0, 0.05) is 52.4 Å². The van der Waals surface area contributed by atoms with Crippen molar-refractivity contribution in [2.24, 2.45) is 0 Å². The van der Waals surface area contributed by atoms with Gasteiger partial charge in [0.1, 0.15) is 5.82 Å². The fourth-order valence-corrected chi connectivity index (χ4v) is 2.56. The minimum atomic E-state index is -0.719. The summed E-state index contributed by atoms with van der Waals surface area (Å²) in [7, 11) is 1.66. The van der Waals surface area contributed by atoms with Crippen LogP contribution in [0.4, 0.5) is 4.39 Å². The number of hydrogen-bond acceptors (Lipinski definition) is 4. The summed E-state index contributed by atoms with van der Waals surface area (Å²) in [5.74, 6) is -0.243. The molecular weight excluding hydrogens is 273 g/mol. The number of ether oxygens (including phenoxy) is 2. The van der Waals surface area contributed by atoms with Gasteiger partial charge in [0.05, 0.1) is 5.60 Å². The lowest BCUT2D eigenvalue weighted by Gasteiger charge is -2.34. The van der Waals surface area contributed by atoms with Crippen molar-refractivity contribution in [3.8, 4) is 0 Å². The zero-order valence-electron chi connectivity index (χ0n) is 12.5. The Hall–Kier alpha value is -1.01. The zero-order chi connectivity index (χ0) is 15.1. The molecule has 0 spiro atoms. The van der Waals surface area contributed by atoms with Crippen LogP contribution in [0.2, 0.25) is 0 Å². The van der Waals surface area contributed by atoms with Crippen molar-refractivity contribution in [1.82, 2.24) is 5.32 Å². The summed E-state index contributed by atoms with van der Waals surface area (Å²) in [5, 5.41) is 13.9. The zero-order valence-corrected chi connectivity index (χ0v) is 12.5. The standard InChI is InChI=1S/C16H24FNO3/c1-20-9-6-15(13-2-4-14(17)5-3-13)18-12-16(19)7-10-21-11-8-16/h2-5,15,18-19H,6-12H2,1H3. The van der Waals surface area contributed by atoms with E-state index in [1.165, 1.54) is 12.1 Å². The van der Waals surface area contributed by atoms with Gasteiger partial charge < -0.3 is 19.9 Å². The molecule has 1 saturated heterocycles. The van der Waals surface area contributed by atoms with Crippen LogP contribution in [0.3, 0.4) is 0 Å². The van der Waals surface area contributed by atoms with Gasteiger partial charge in [0.15, 0.2) is 0 Å². The van der Waals surface area contributed by atoms with Crippen LogP contribution in [-0.4, -0.2) is 44.2 Å². The van der Waals surface area contributed by atoms with Crippen molar-refractivity contribution >= 4 is 0 Å². The quantitative estimate of drug-likeness (QED) is 0.808. The monoisotopic (exact) mass is 297 g/mol. The topological polar surface area (TPSA) is 50.7 Å². The summed E-state index contributed by atoms with van der Waals surface area (Å²) in [6.45, 7) is 2.30. The van der Waals surface area contributed by atoms with Crippen LogP contribution in [0.15, 0.2) is 24.3 Å². The molecule has 0 saturated carbocycles. The molecule has 118 valence electrons. The van der Waals surface area contributed by atoms with E-state index in [0.717, 1.165) is 12.0 Å². The van der Waals surface area contributed by atoms with Gasteiger partial charge in [-0.2, -0.15) is 0 Å². The molecule has 1 heterocycles. The fourth-order valence-electron chi connectivity index (χ4n) is 2.56. The van der Waals surface area contributed by atoms with E-state index in [2.05, 4.69) is 5.32 Å². The lowest BCUT2D eigenvalue weighted by atomic mass is 9.93. The average Bonchev–Trinajstić information content (AvgIpc) is 2.49. The molecule has 1 atom stereocenters. The molecule has 0 aliphatic carbocycles. The Kier molecular flexibility index (Phi) is 6.11. The van der Waals surface area contributed by atoms with E-state index in [1.54, 1.807) is 19.2 Å². The van der Waals surface area contributed by atoms with Crippen molar-refractivity contribution in [2.45, 2.75) is 30.9 Å². The number of benzene rings is 1. The van der Waals surface area contributed by atoms with Crippen LogP contribution < -0.4 is 5.32 Å². The van der Waals surface area contributed by atoms with Gasteiger partial charge in [-0.15, -0.1) is 0 Å². The highest BCUT2D eigenvalue weighted by molar-refractivity contribution is 5.20. The normalized spacial score (nSPS) is 19.4. The number of aliphatic hydroxyl groups is 1. The Morgan fingerprint density at radius 3 is 2.62 bits per heavy atom. The Morgan fingerprint density at radius 2 is 2.00 bits per heavy atom. The smallest absolute Gasteiger partial charge is 0.123 e. The minimum Gasteiger partial charge on any atom is -0.388 e. The third kappa shape index (κ3) is 5.04. The van der Waals surface area contributed by atoms with Crippen LogP contribution in [0, 0.1) is 5.82 Å². The molecule has 1 aliphatic rings. The van der Waals surface area contributed by atoms with Gasteiger partial charge in [-0.3, -0.25) is 0 Å². The molecule has 1 aliphatic heterocycles. The molecule has 1 fully saturated rings. The molecule has 1 aromatic rings. The van der Waals surface area contributed by atoms with E-state index < -0.39 is 5.60 Å². The van der Waals surface area contributed by atoms with Gasteiger partial charge in [0.2, 0.25) is 0 Å². The first-order chi connectivity index (χ1) is 10.1. The first kappa shape index (κ1) is 16.4. The molecule has 0 aromatic heterocycles. The second-order valence-electron chi connectivity index (χ2n) is 5.60. The third-order valence-electron chi connectivity index (χ3n) is 3.98. The maximum Gasteiger partial charge on any atom is 0.123 e. The van der Waals surface area contributed by atoms with Crippen molar-refractivity contribution in [3.05, 3.63) is 35.6 Å². The second-order valence-corrected chi connectivity index (χ2v) is 5.60. The lowest BCUT2D eigenvalue weighted by Crippen LogP contribution is -2.46. The number of hydrogen-bond donors (Lipinski definition) is 2. The van der Waals surface area contributed by atoms with E-state index in [0.29, 0.717) is 39.2 Å². The average molecular weight is 297 g/mol. The van der Waals surface area contributed by atoms with Crippen molar-refractivity contribution < 1.29 is 19.0 Å². The Labute approximate surface area is 125 Å². The molecule has 2 rings (SSSR count).